The van der Waals surface area contributed by atoms with Crippen molar-refractivity contribution in [2.75, 3.05) is 0 Å². The van der Waals surface area contributed by atoms with E-state index in [0.29, 0.717) is 17.7 Å². The number of fused-ring (bicyclic) bond motifs is 2. The van der Waals surface area contributed by atoms with Gasteiger partial charge in [0.2, 0.25) is 0 Å². The lowest BCUT2D eigenvalue weighted by atomic mass is 9.48. The lowest BCUT2D eigenvalue weighted by molar-refractivity contribution is -0.129. The smallest absolute Gasteiger partial charge is 0.141 e. The van der Waals surface area contributed by atoms with Gasteiger partial charge in [-0.05, 0) is 35.6 Å². The maximum absolute atomic E-state index is 14.0. The summed E-state index contributed by atoms with van der Waals surface area (Å²) in [5.41, 5.74) is 2.50. The predicted octanol–water partition coefficient (Wildman–Crippen LogP) is 4.03. The van der Waals surface area contributed by atoms with E-state index in [2.05, 4.69) is 31.0 Å². The van der Waals surface area contributed by atoms with Gasteiger partial charge in [0.1, 0.15) is 11.6 Å². The first kappa shape index (κ1) is 14.5. The zero-order valence-electron chi connectivity index (χ0n) is 13.6. The van der Waals surface area contributed by atoms with E-state index in [9.17, 15) is 9.18 Å². The number of hydrogen-bond acceptors (Lipinski definition) is 3. The van der Waals surface area contributed by atoms with E-state index >= 15 is 0 Å². The molecule has 3 aliphatic rings. The van der Waals surface area contributed by atoms with Crippen molar-refractivity contribution in [2.24, 2.45) is 5.41 Å². The summed E-state index contributed by atoms with van der Waals surface area (Å²) >= 11 is 0. The molecule has 4 heteroatoms. The van der Waals surface area contributed by atoms with Gasteiger partial charge in [0, 0.05) is 23.3 Å². The number of aromatic nitrogens is 2. The fourth-order valence-corrected chi connectivity index (χ4v) is 4.15. The number of carbonyl (C=O) groups is 1. The normalized spacial score (nSPS) is 27.8. The van der Waals surface area contributed by atoms with Crippen molar-refractivity contribution in [3.8, 4) is 11.3 Å². The Bertz CT molecular complexity index is 830. The van der Waals surface area contributed by atoms with Gasteiger partial charge >= 0.3 is 0 Å². The Kier molecular flexibility index (Phi) is 2.81. The molecule has 0 saturated heterocycles. The van der Waals surface area contributed by atoms with Crippen LogP contribution in [0.25, 0.3) is 11.3 Å². The maximum Gasteiger partial charge on any atom is 0.141 e. The Morgan fingerprint density at radius 2 is 1.91 bits per heavy atom. The zero-order chi connectivity index (χ0) is 16.4. The molecule has 0 unspecified atom stereocenters. The number of carbonyl (C=O) groups excluding carboxylic acids is 1. The van der Waals surface area contributed by atoms with Crippen LogP contribution in [-0.2, 0) is 10.2 Å². The van der Waals surface area contributed by atoms with Crippen LogP contribution in [0.4, 0.5) is 4.39 Å². The molecule has 2 aromatic rings. The van der Waals surface area contributed by atoms with Crippen LogP contribution in [0.15, 0.2) is 30.3 Å². The van der Waals surface area contributed by atoms with Crippen LogP contribution >= 0.6 is 0 Å². The van der Waals surface area contributed by atoms with Crippen molar-refractivity contribution in [1.82, 2.24) is 10.2 Å². The first-order valence-corrected chi connectivity index (χ1v) is 7.99. The highest BCUT2D eigenvalue weighted by molar-refractivity contribution is 5.91. The monoisotopic (exact) mass is 310 g/mol. The third kappa shape index (κ3) is 1.84. The van der Waals surface area contributed by atoms with Gasteiger partial charge in [-0.3, -0.25) is 4.79 Å². The molecule has 1 saturated carbocycles. The van der Waals surface area contributed by atoms with Crippen LogP contribution in [0.5, 0.6) is 0 Å². The molecule has 3 nitrogen and oxygen atoms in total. The topological polar surface area (TPSA) is 42.9 Å². The van der Waals surface area contributed by atoms with E-state index in [4.69, 9.17) is 0 Å². The summed E-state index contributed by atoms with van der Waals surface area (Å²) in [6, 6.07) is 8.41. The Morgan fingerprint density at radius 3 is 2.65 bits per heavy atom. The average molecular weight is 310 g/mol. The Labute approximate surface area is 134 Å². The Morgan fingerprint density at radius 1 is 1.17 bits per heavy atom. The molecule has 0 amide bonds. The molecule has 118 valence electrons. The fraction of sp³-hybridized carbons (Fsp3) is 0.421. The van der Waals surface area contributed by atoms with E-state index < -0.39 is 0 Å². The van der Waals surface area contributed by atoms with Crippen LogP contribution in [0.3, 0.4) is 0 Å². The van der Waals surface area contributed by atoms with Crippen LogP contribution < -0.4 is 0 Å². The molecule has 2 atom stereocenters. The lowest BCUT2D eigenvalue weighted by Crippen LogP contribution is -2.53. The van der Waals surface area contributed by atoms with Gasteiger partial charge in [0.25, 0.3) is 0 Å². The summed E-state index contributed by atoms with van der Waals surface area (Å²) in [7, 11) is 0. The maximum atomic E-state index is 14.0. The minimum Gasteiger partial charge on any atom is -0.299 e. The molecule has 2 bridgehead atoms. The van der Waals surface area contributed by atoms with Gasteiger partial charge in [0.15, 0.2) is 0 Å². The highest BCUT2D eigenvalue weighted by Gasteiger charge is 2.57. The van der Waals surface area contributed by atoms with E-state index in [1.54, 1.807) is 18.2 Å². The summed E-state index contributed by atoms with van der Waals surface area (Å²) in [4.78, 5) is 12.5. The number of halogens is 1. The predicted molar refractivity (Wildman–Crippen MR) is 85.5 cm³/mol. The third-order valence-electron chi connectivity index (χ3n) is 6.00. The van der Waals surface area contributed by atoms with E-state index in [-0.39, 0.29) is 28.3 Å². The van der Waals surface area contributed by atoms with Crippen LogP contribution in [0.2, 0.25) is 0 Å². The van der Waals surface area contributed by atoms with Gasteiger partial charge in [-0.25, -0.2) is 4.39 Å². The number of nitrogens with zero attached hydrogens (tertiary/aromatic N) is 2. The number of Topliss-reactive ketones (excluding diaryl/α,β-unsaturated/α-hetero) is 1. The van der Waals surface area contributed by atoms with Gasteiger partial charge in [-0.1, -0.05) is 32.9 Å². The van der Waals surface area contributed by atoms with Gasteiger partial charge in [-0.15, -0.1) is 0 Å². The number of ketones is 1. The molecule has 5 rings (SSSR count). The van der Waals surface area contributed by atoms with Crippen LogP contribution in [0, 0.1) is 11.2 Å². The van der Waals surface area contributed by atoms with Gasteiger partial charge in [0.05, 0.1) is 11.4 Å². The summed E-state index contributed by atoms with van der Waals surface area (Å²) < 4.78 is 14.0. The molecule has 1 aromatic carbocycles. The van der Waals surface area contributed by atoms with Crippen molar-refractivity contribution < 1.29 is 9.18 Å². The molecule has 0 spiro atoms. The number of hydrogen-bond donors (Lipinski definition) is 0. The highest BCUT2D eigenvalue weighted by Crippen LogP contribution is 2.59. The van der Waals surface area contributed by atoms with Crippen molar-refractivity contribution in [3.05, 3.63) is 47.4 Å². The molecule has 0 N–H and O–H groups in total. The molecule has 1 heterocycles. The molecule has 1 fully saturated rings. The number of rotatable bonds is 1. The minimum atomic E-state index is -0.319. The quantitative estimate of drug-likeness (QED) is 0.799. The fourth-order valence-electron chi connectivity index (χ4n) is 4.15. The van der Waals surface area contributed by atoms with Crippen LogP contribution in [0.1, 0.15) is 50.8 Å². The summed E-state index contributed by atoms with van der Waals surface area (Å²) in [5, 5.41) is 8.73. The van der Waals surface area contributed by atoms with Crippen LogP contribution in [-0.4, -0.2) is 16.0 Å². The summed E-state index contributed by atoms with van der Waals surface area (Å²) in [6.45, 7) is 6.50. The molecule has 23 heavy (non-hydrogen) atoms. The first-order valence-electron chi connectivity index (χ1n) is 7.99. The molecule has 0 aliphatic heterocycles. The molecule has 3 aliphatic carbocycles. The van der Waals surface area contributed by atoms with Crippen molar-refractivity contribution in [2.45, 2.75) is 44.9 Å². The van der Waals surface area contributed by atoms with Crippen molar-refractivity contribution >= 4 is 5.78 Å². The minimum absolute atomic E-state index is 0.00672. The highest BCUT2D eigenvalue weighted by atomic mass is 19.1. The van der Waals surface area contributed by atoms with Gasteiger partial charge in [-0.2, -0.15) is 10.2 Å². The lowest BCUT2D eigenvalue weighted by Gasteiger charge is -2.54. The number of benzene rings is 1. The van der Waals surface area contributed by atoms with E-state index in [1.165, 1.54) is 6.07 Å². The zero-order valence-corrected chi connectivity index (χ0v) is 13.6. The largest absolute Gasteiger partial charge is 0.299 e. The Hall–Kier alpha value is -2.10. The second-order valence-corrected chi connectivity index (χ2v) is 7.63. The van der Waals surface area contributed by atoms with E-state index in [1.807, 2.05) is 6.07 Å². The van der Waals surface area contributed by atoms with E-state index in [0.717, 1.165) is 17.7 Å². The Balaban J connectivity index is 1.92. The molecular formula is C19H19FN2O. The summed E-state index contributed by atoms with van der Waals surface area (Å²) in [6.07, 6.45) is 1.34. The third-order valence-corrected chi connectivity index (χ3v) is 6.00. The second-order valence-electron chi connectivity index (χ2n) is 7.63. The van der Waals surface area contributed by atoms with Gasteiger partial charge < -0.3 is 0 Å². The van der Waals surface area contributed by atoms with Crippen molar-refractivity contribution in [3.63, 3.8) is 0 Å². The molecule has 1 aromatic heterocycles. The van der Waals surface area contributed by atoms with Crippen molar-refractivity contribution in [1.29, 1.82) is 0 Å². The first-order chi connectivity index (χ1) is 10.8. The average Bonchev–Trinajstić information content (AvgIpc) is 2.50. The standard InChI is InChI=1S/C19H19FN2O/c1-18(2)9-13-12-8-15(11-6-4-5-7-14(11)20)21-22-17(12)19(18,3)10-16(13)23/h4-8,13H,9-10H2,1-3H3/t13-,19-/m1/s1. The molecular weight excluding hydrogens is 291 g/mol. The summed E-state index contributed by atoms with van der Waals surface area (Å²) in [5.74, 6) is -0.185. The SMILES string of the molecule is CC1(C)C[C@H]2C(=O)C[C@]1(C)c1nnc(-c3ccccc3F)cc12. The molecule has 0 radical (unpaired) electrons. The second kappa shape index (κ2) is 4.47.